The number of allylic oxidation sites excluding steroid dienone is 2. The molecule has 0 aromatic heterocycles. The summed E-state index contributed by atoms with van der Waals surface area (Å²) in [4.78, 5) is 0. The van der Waals surface area contributed by atoms with E-state index < -0.39 is 18.0 Å². The van der Waals surface area contributed by atoms with E-state index in [-0.39, 0.29) is 20.4 Å². The van der Waals surface area contributed by atoms with Gasteiger partial charge in [-0.2, -0.15) is 11.6 Å². The molecule has 7 heteroatoms. The van der Waals surface area contributed by atoms with Crippen molar-refractivity contribution < 1.29 is 33.4 Å². The van der Waals surface area contributed by atoms with Gasteiger partial charge < -0.3 is 9.87 Å². The molecule has 0 aliphatic heterocycles. The monoisotopic (exact) mass is 588 g/mol. The molecule has 0 saturated carbocycles. The molecule has 4 nitrogen and oxygen atoms in total. The van der Waals surface area contributed by atoms with Gasteiger partial charge in [0.05, 0.1) is 25.6 Å². The second-order valence-electron chi connectivity index (χ2n) is 11.1. The zero-order valence-corrected chi connectivity index (χ0v) is 25.6. The van der Waals surface area contributed by atoms with E-state index in [0.717, 1.165) is 6.42 Å². The van der Waals surface area contributed by atoms with E-state index >= 15 is 0 Å². The first-order chi connectivity index (χ1) is 14.3. The number of hydrogen-bond acceptors (Lipinski definition) is 4. The molecule has 0 bridgehead atoms. The number of likely N-dealkylation sites (N-methyl/N-ethyl adjacent to an activating group) is 1. The Hall–Kier alpha value is -0.468. The molecule has 0 saturated heterocycles. The Balaban J connectivity index is 0. The first-order valence-corrected chi connectivity index (χ1v) is 14.4. The van der Waals surface area contributed by atoms with Gasteiger partial charge in [0.2, 0.25) is 0 Å². The maximum absolute atomic E-state index is 9.08. The Kier molecular flexibility index (Phi) is 14.9. The zero-order chi connectivity index (χ0) is 25.4. The van der Waals surface area contributed by atoms with Gasteiger partial charge in [-0.1, -0.05) is 18.2 Å². The summed E-state index contributed by atoms with van der Waals surface area (Å²) in [5, 5.41) is 4.71. The van der Waals surface area contributed by atoms with Gasteiger partial charge in [0.15, 0.2) is 0 Å². The summed E-state index contributed by atoms with van der Waals surface area (Å²) >= 11 is 0. The van der Waals surface area contributed by atoms with Gasteiger partial charge in [0, 0.05) is 14.2 Å². The Morgan fingerprint density at radius 3 is 1.61 bits per heavy atom. The van der Waals surface area contributed by atoms with Gasteiger partial charge in [-0.3, -0.25) is 0 Å². The molecule has 2 rings (SSSR count). The fourth-order valence-corrected chi connectivity index (χ4v) is 11.8. The predicted molar refractivity (Wildman–Crippen MR) is 144 cm³/mol. The maximum Gasteiger partial charge on any atom is 2.00 e. The van der Waals surface area contributed by atoms with E-state index in [1.807, 2.05) is 13.1 Å². The molecule has 1 aliphatic carbocycles. The van der Waals surface area contributed by atoms with Gasteiger partial charge in [-0.25, -0.2) is 8.42 Å². The Labute approximate surface area is 219 Å². The largest absolute Gasteiger partial charge is 2.00 e. The summed E-state index contributed by atoms with van der Waals surface area (Å²) in [6.07, 6.45) is 8.04. The van der Waals surface area contributed by atoms with Crippen LogP contribution in [0, 0.1) is 6.04 Å². The Morgan fingerprint density at radius 1 is 0.909 bits per heavy atom. The van der Waals surface area contributed by atoms with Crippen molar-refractivity contribution in [1.82, 2.24) is 5.32 Å². The third-order valence-electron chi connectivity index (χ3n) is 4.68. The Bertz CT molecular complexity index is 805. The minimum absolute atomic E-state index is 0. The van der Waals surface area contributed by atoms with Crippen molar-refractivity contribution in [3.63, 3.8) is 0 Å². The first-order valence-electron chi connectivity index (χ1n) is 11.0. The SMILES string of the molecule is CC(C)(C)[PH+](C(C)(C)C)C(C)(C)C.CN[C-]1CC=CC=C1c1ccccc1.CS(=O)(=O)[O-].[Pd+2]. The molecule has 33 heavy (non-hydrogen) atoms. The van der Waals surface area contributed by atoms with Crippen LogP contribution < -0.4 is 5.32 Å². The fourth-order valence-electron chi connectivity index (χ4n) is 5.06. The van der Waals surface area contributed by atoms with Crippen LogP contribution in [-0.4, -0.2) is 41.7 Å². The number of rotatable bonds is 2. The van der Waals surface area contributed by atoms with E-state index in [0.29, 0.717) is 21.7 Å². The molecule has 0 atom stereocenters. The summed E-state index contributed by atoms with van der Waals surface area (Å²) in [5.41, 5.74) is 2.58. The van der Waals surface area contributed by atoms with Gasteiger partial charge in [0.25, 0.3) is 0 Å². The number of hydrogen-bond donors (Lipinski definition) is 1. The molecular weight excluding hydrogens is 544 g/mol. The molecule has 0 amide bonds. The molecule has 0 fully saturated rings. The van der Waals surface area contributed by atoms with E-state index in [9.17, 15) is 0 Å². The van der Waals surface area contributed by atoms with Crippen LogP contribution in [0.5, 0.6) is 0 Å². The summed E-state index contributed by atoms with van der Waals surface area (Å²) in [6, 6.07) is 11.8. The quantitative estimate of drug-likeness (QED) is 0.184. The smallest absolute Gasteiger partial charge is 0.748 e. The maximum atomic E-state index is 9.08. The average Bonchev–Trinajstić information content (AvgIpc) is 2.57. The van der Waals surface area contributed by atoms with Gasteiger partial charge >= 0.3 is 20.4 Å². The van der Waals surface area contributed by atoms with Crippen molar-refractivity contribution in [3.05, 3.63) is 60.2 Å². The molecule has 0 unspecified atom stereocenters. The number of nitrogens with one attached hydrogen (secondary N) is 1. The molecule has 0 spiro atoms. The van der Waals surface area contributed by atoms with Crippen molar-refractivity contribution in [3.8, 4) is 0 Å². The average molecular weight is 589 g/mol. The van der Waals surface area contributed by atoms with Gasteiger partial charge in [-0.15, -0.1) is 35.9 Å². The predicted octanol–water partition coefficient (Wildman–Crippen LogP) is 6.54. The molecule has 0 heterocycles. The molecule has 192 valence electrons. The van der Waals surface area contributed by atoms with Crippen molar-refractivity contribution in [1.29, 1.82) is 0 Å². The topological polar surface area (TPSA) is 69.2 Å². The van der Waals surface area contributed by atoms with Crippen LogP contribution in [0.1, 0.15) is 74.3 Å². The molecule has 0 radical (unpaired) electrons. The van der Waals surface area contributed by atoms with Crippen molar-refractivity contribution >= 4 is 23.6 Å². The van der Waals surface area contributed by atoms with Crippen molar-refractivity contribution in [2.75, 3.05) is 13.3 Å². The molecular formula is C26H45NO3PPdS+. The summed E-state index contributed by atoms with van der Waals surface area (Å²) < 4.78 is 27.2. The van der Waals surface area contributed by atoms with Crippen molar-refractivity contribution in [2.24, 2.45) is 0 Å². The molecule has 1 aromatic rings. The van der Waals surface area contributed by atoms with Crippen LogP contribution in [0.25, 0.3) is 5.57 Å². The van der Waals surface area contributed by atoms with E-state index in [1.54, 1.807) is 0 Å². The summed E-state index contributed by atoms with van der Waals surface area (Å²) in [6.45, 7) is 21.6. The normalized spacial score (nSPS) is 14.3. The second-order valence-corrected chi connectivity index (χ2v) is 17.8. The van der Waals surface area contributed by atoms with Crippen LogP contribution in [0.15, 0.2) is 48.6 Å². The van der Waals surface area contributed by atoms with E-state index in [2.05, 4.69) is 110 Å². The third kappa shape index (κ3) is 15.2. The van der Waals surface area contributed by atoms with E-state index in [4.69, 9.17) is 13.0 Å². The minimum atomic E-state index is -3.92. The molecule has 1 N–H and O–H groups in total. The molecule has 1 aliphatic rings. The first kappa shape index (κ1) is 34.7. The second kappa shape index (κ2) is 14.2. The van der Waals surface area contributed by atoms with Gasteiger partial charge in [0.1, 0.15) is 0 Å². The standard InChI is InChI=1S/C13H14N.C12H27P.CH4O3S.Pd/c1-14-13-10-6-5-9-12(13)11-7-3-2-4-8-11;1-10(2,3)13(11(4,5)6)12(7,8)9;1-5(2,3)4;/h2-9,14H,10H2,1H3;1-9H3;1H3,(H,2,3,4);/q-1;;;+2. The molecule has 1 aromatic carbocycles. The van der Waals surface area contributed by atoms with Crippen LogP contribution in [0.4, 0.5) is 0 Å². The van der Waals surface area contributed by atoms with Crippen molar-refractivity contribution in [2.45, 2.75) is 84.2 Å². The van der Waals surface area contributed by atoms with Crippen LogP contribution in [-0.2, 0) is 30.5 Å². The third-order valence-corrected chi connectivity index (χ3v) is 9.18. The van der Waals surface area contributed by atoms with Crippen LogP contribution in [0.3, 0.4) is 0 Å². The summed E-state index contributed by atoms with van der Waals surface area (Å²) in [7, 11) is -2.33. The minimum Gasteiger partial charge on any atom is -0.748 e. The van der Waals surface area contributed by atoms with Gasteiger partial charge in [-0.05, 0) is 75.8 Å². The number of benzene rings is 1. The zero-order valence-electron chi connectivity index (χ0n) is 22.3. The van der Waals surface area contributed by atoms with Crippen LogP contribution in [0.2, 0.25) is 0 Å². The summed E-state index contributed by atoms with van der Waals surface area (Å²) in [5.74, 6) is 0. The fraction of sp³-hybridized carbons (Fsp3) is 0.577. The van der Waals surface area contributed by atoms with E-state index in [1.165, 1.54) is 17.2 Å². The van der Waals surface area contributed by atoms with Crippen LogP contribution >= 0.6 is 7.92 Å². The Morgan fingerprint density at radius 2 is 1.30 bits per heavy atom.